The topological polar surface area (TPSA) is 59.2 Å². The summed E-state index contributed by atoms with van der Waals surface area (Å²) in [6.07, 6.45) is 2.81. The summed E-state index contributed by atoms with van der Waals surface area (Å²) in [7, 11) is 0. The molecule has 1 amide bonds. The van der Waals surface area contributed by atoms with Crippen molar-refractivity contribution in [1.29, 1.82) is 0 Å². The Morgan fingerprint density at radius 1 is 0.844 bits per heavy atom. The molecule has 0 aliphatic carbocycles. The SMILES string of the molecule is O=C(C(c1ccccc1)c1ccccc1)N1CCCCC1c1nc(-c2ccccc2)no1. The average molecular weight is 424 g/mol. The Kier molecular flexibility index (Phi) is 5.79. The summed E-state index contributed by atoms with van der Waals surface area (Å²) in [5.41, 5.74) is 2.88. The van der Waals surface area contributed by atoms with E-state index >= 15 is 0 Å². The zero-order valence-electron chi connectivity index (χ0n) is 17.8. The van der Waals surface area contributed by atoms with E-state index in [-0.39, 0.29) is 17.9 Å². The minimum atomic E-state index is -0.366. The Morgan fingerprint density at radius 3 is 2.06 bits per heavy atom. The molecule has 0 N–H and O–H groups in total. The van der Waals surface area contributed by atoms with Gasteiger partial charge in [0, 0.05) is 12.1 Å². The summed E-state index contributed by atoms with van der Waals surface area (Å²) < 4.78 is 5.68. The number of nitrogens with zero attached hydrogens (tertiary/aromatic N) is 3. The molecule has 1 unspecified atom stereocenters. The van der Waals surface area contributed by atoms with E-state index in [0.717, 1.165) is 36.0 Å². The van der Waals surface area contributed by atoms with Crippen LogP contribution in [0.2, 0.25) is 0 Å². The van der Waals surface area contributed by atoms with E-state index in [4.69, 9.17) is 4.52 Å². The van der Waals surface area contributed by atoms with E-state index < -0.39 is 0 Å². The maximum Gasteiger partial charge on any atom is 0.249 e. The maximum absolute atomic E-state index is 14.0. The van der Waals surface area contributed by atoms with Crippen LogP contribution in [0, 0.1) is 0 Å². The summed E-state index contributed by atoms with van der Waals surface area (Å²) in [6.45, 7) is 0.683. The quantitative estimate of drug-likeness (QED) is 0.418. The lowest BCUT2D eigenvalue weighted by molar-refractivity contribution is -0.136. The van der Waals surface area contributed by atoms with Gasteiger partial charge < -0.3 is 9.42 Å². The van der Waals surface area contributed by atoms with Crippen LogP contribution in [0.25, 0.3) is 11.4 Å². The van der Waals surface area contributed by atoms with Crippen LogP contribution in [0.4, 0.5) is 0 Å². The first-order chi connectivity index (χ1) is 15.8. The summed E-state index contributed by atoms with van der Waals surface area (Å²) in [5, 5.41) is 4.19. The third-order valence-electron chi connectivity index (χ3n) is 6.06. The number of rotatable bonds is 5. The van der Waals surface area contributed by atoms with Crippen molar-refractivity contribution >= 4 is 5.91 Å². The number of carbonyl (C=O) groups excluding carboxylic acids is 1. The second kappa shape index (κ2) is 9.18. The molecular weight excluding hydrogens is 398 g/mol. The first kappa shape index (κ1) is 20.2. The van der Waals surface area contributed by atoms with Crippen molar-refractivity contribution < 1.29 is 9.32 Å². The Labute approximate surface area is 187 Å². The summed E-state index contributed by atoms with van der Waals surface area (Å²) >= 11 is 0. The molecule has 0 radical (unpaired) electrons. The number of hydrogen-bond donors (Lipinski definition) is 0. The van der Waals surface area contributed by atoms with Crippen molar-refractivity contribution in [2.75, 3.05) is 6.54 Å². The van der Waals surface area contributed by atoms with Crippen molar-refractivity contribution in [3.8, 4) is 11.4 Å². The van der Waals surface area contributed by atoms with Crippen LogP contribution in [0.3, 0.4) is 0 Å². The zero-order valence-corrected chi connectivity index (χ0v) is 17.8. The van der Waals surface area contributed by atoms with Gasteiger partial charge in [0.25, 0.3) is 0 Å². The van der Waals surface area contributed by atoms with Gasteiger partial charge in [-0.25, -0.2) is 0 Å². The maximum atomic E-state index is 14.0. The predicted octanol–water partition coefficient (Wildman–Crippen LogP) is 5.62. The molecule has 1 aliphatic rings. The van der Waals surface area contributed by atoms with E-state index in [1.54, 1.807) is 0 Å². The molecular formula is C27H25N3O2. The molecule has 32 heavy (non-hydrogen) atoms. The molecule has 1 atom stereocenters. The van der Waals surface area contributed by atoms with Gasteiger partial charge in [0.15, 0.2) is 0 Å². The Morgan fingerprint density at radius 2 is 1.44 bits per heavy atom. The molecule has 0 bridgehead atoms. The van der Waals surface area contributed by atoms with Crippen molar-refractivity contribution in [3.63, 3.8) is 0 Å². The van der Waals surface area contributed by atoms with Gasteiger partial charge in [0.2, 0.25) is 17.6 Å². The fourth-order valence-corrected chi connectivity index (χ4v) is 4.46. The van der Waals surface area contributed by atoms with Crippen molar-refractivity contribution in [1.82, 2.24) is 15.0 Å². The van der Waals surface area contributed by atoms with Crippen molar-refractivity contribution in [3.05, 3.63) is 108 Å². The van der Waals surface area contributed by atoms with Gasteiger partial charge >= 0.3 is 0 Å². The first-order valence-corrected chi connectivity index (χ1v) is 11.1. The van der Waals surface area contributed by atoms with E-state index in [1.807, 2.05) is 95.9 Å². The second-order valence-electron chi connectivity index (χ2n) is 8.12. The molecule has 0 saturated carbocycles. The molecule has 0 spiro atoms. The lowest BCUT2D eigenvalue weighted by Crippen LogP contribution is -2.41. The fourth-order valence-electron chi connectivity index (χ4n) is 4.46. The van der Waals surface area contributed by atoms with Crippen LogP contribution in [0.15, 0.2) is 95.5 Å². The summed E-state index contributed by atoms with van der Waals surface area (Å²) in [4.78, 5) is 20.6. The van der Waals surface area contributed by atoms with Gasteiger partial charge in [-0.3, -0.25) is 4.79 Å². The van der Waals surface area contributed by atoms with Crippen molar-refractivity contribution in [2.24, 2.45) is 0 Å². The van der Waals surface area contributed by atoms with Gasteiger partial charge in [-0.05, 0) is 30.4 Å². The van der Waals surface area contributed by atoms with Gasteiger partial charge in [-0.1, -0.05) is 96.2 Å². The van der Waals surface area contributed by atoms with Crippen LogP contribution < -0.4 is 0 Å². The number of likely N-dealkylation sites (tertiary alicyclic amines) is 1. The largest absolute Gasteiger partial charge is 0.337 e. The zero-order chi connectivity index (χ0) is 21.8. The molecule has 160 valence electrons. The number of piperidine rings is 1. The molecule has 1 aromatic heterocycles. The highest BCUT2D eigenvalue weighted by Crippen LogP contribution is 2.36. The molecule has 4 aromatic rings. The average Bonchev–Trinajstić information content (AvgIpc) is 3.36. The fraction of sp³-hybridized carbons (Fsp3) is 0.222. The van der Waals surface area contributed by atoms with Crippen LogP contribution in [0.5, 0.6) is 0 Å². The molecule has 5 rings (SSSR count). The van der Waals surface area contributed by atoms with E-state index in [2.05, 4.69) is 10.1 Å². The highest BCUT2D eigenvalue weighted by atomic mass is 16.5. The molecule has 1 aliphatic heterocycles. The van der Waals surface area contributed by atoms with Crippen LogP contribution in [-0.4, -0.2) is 27.5 Å². The molecule has 2 heterocycles. The van der Waals surface area contributed by atoms with Crippen LogP contribution in [0.1, 0.15) is 48.2 Å². The number of benzene rings is 3. The van der Waals surface area contributed by atoms with E-state index in [0.29, 0.717) is 18.3 Å². The van der Waals surface area contributed by atoms with Gasteiger partial charge in [0.05, 0.1) is 5.92 Å². The monoisotopic (exact) mass is 423 g/mol. The van der Waals surface area contributed by atoms with Crippen LogP contribution >= 0.6 is 0 Å². The second-order valence-corrected chi connectivity index (χ2v) is 8.12. The smallest absolute Gasteiger partial charge is 0.249 e. The molecule has 3 aromatic carbocycles. The number of carbonyl (C=O) groups is 1. The molecule has 5 heteroatoms. The Hall–Kier alpha value is -3.73. The minimum absolute atomic E-state index is 0.0755. The molecule has 5 nitrogen and oxygen atoms in total. The number of aromatic nitrogens is 2. The van der Waals surface area contributed by atoms with Crippen LogP contribution in [-0.2, 0) is 4.79 Å². The minimum Gasteiger partial charge on any atom is -0.337 e. The predicted molar refractivity (Wildman–Crippen MR) is 123 cm³/mol. The van der Waals surface area contributed by atoms with E-state index in [9.17, 15) is 4.79 Å². The number of amides is 1. The standard InChI is InChI=1S/C27H25N3O2/c31-27(24(20-12-4-1-5-13-20)21-14-6-2-7-15-21)30-19-11-10-18-23(30)26-28-25(29-32-26)22-16-8-3-9-17-22/h1-9,12-17,23-24H,10-11,18-19H2. The lowest BCUT2D eigenvalue weighted by Gasteiger charge is -2.36. The third kappa shape index (κ3) is 4.06. The van der Waals surface area contributed by atoms with E-state index in [1.165, 1.54) is 0 Å². The Balaban J connectivity index is 1.48. The summed E-state index contributed by atoms with van der Waals surface area (Å²) in [6, 6.07) is 29.5. The molecule has 1 fully saturated rings. The third-order valence-corrected chi connectivity index (χ3v) is 6.06. The lowest BCUT2D eigenvalue weighted by atomic mass is 9.88. The highest BCUT2D eigenvalue weighted by Gasteiger charge is 2.36. The number of hydrogen-bond acceptors (Lipinski definition) is 4. The van der Waals surface area contributed by atoms with Gasteiger partial charge in [-0.15, -0.1) is 0 Å². The first-order valence-electron chi connectivity index (χ1n) is 11.1. The summed E-state index contributed by atoms with van der Waals surface area (Å²) in [5.74, 6) is 0.777. The molecule has 1 saturated heterocycles. The van der Waals surface area contributed by atoms with Gasteiger partial charge in [-0.2, -0.15) is 4.98 Å². The Bertz CT molecular complexity index is 1120. The van der Waals surface area contributed by atoms with Gasteiger partial charge in [0.1, 0.15) is 6.04 Å². The normalized spacial score (nSPS) is 16.3. The highest BCUT2D eigenvalue weighted by molar-refractivity contribution is 5.87. The van der Waals surface area contributed by atoms with Crippen molar-refractivity contribution in [2.45, 2.75) is 31.2 Å².